The number of allylic oxidation sites excluding steroid dienone is 4. The Kier molecular flexibility index (Phi) is 10.7. The number of rotatable bonds is 9. The summed E-state index contributed by atoms with van der Waals surface area (Å²) in [6.07, 6.45) is 19.9. The summed E-state index contributed by atoms with van der Waals surface area (Å²) in [5.41, 5.74) is 4.49. The molecule has 4 aliphatic carbocycles. The molecule has 0 amide bonds. The van der Waals surface area contributed by atoms with Crippen LogP contribution in [0.5, 0.6) is 0 Å². The lowest BCUT2D eigenvalue weighted by atomic mass is 9.61. The number of aliphatic hydroxyl groups is 1. The second kappa shape index (κ2) is 13.1. The van der Waals surface area contributed by atoms with Gasteiger partial charge in [0, 0.05) is 6.42 Å². The van der Waals surface area contributed by atoms with Gasteiger partial charge in [-0.1, -0.05) is 91.8 Å². The normalized spacial score (nSPS) is 34.2. The van der Waals surface area contributed by atoms with Gasteiger partial charge in [-0.15, -0.1) is 0 Å². The summed E-state index contributed by atoms with van der Waals surface area (Å²) in [4.78, 5) is 0. The van der Waals surface area contributed by atoms with Crippen LogP contribution in [-0.2, 0) is 8.85 Å². The topological polar surface area (TPSA) is 38.7 Å². The van der Waals surface area contributed by atoms with Crippen molar-refractivity contribution in [2.75, 3.05) is 0 Å². The van der Waals surface area contributed by atoms with Crippen molar-refractivity contribution in [3.63, 3.8) is 0 Å². The highest BCUT2D eigenvalue weighted by molar-refractivity contribution is 6.74. The number of fused-ring (bicyclic) bond motifs is 1. The Labute approximate surface area is 274 Å². The molecule has 0 unspecified atom stereocenters. The average molecular weight is 641 g/mol. The lowest BCUT2D eigenvalue weighted by Crippen LogP contribution is -2.49. The Morgan fingerprint density at radius 2 is 1.52 bits per heavy atom. The third kappa shape index (κ3) is 7.86. The minimum Gasteiger partial charge on any atom is -0.413 e. The fourth-order valence-electron chi connectivity index (χ4n) is 7.93. The maximum atomic E-state index is 10.5. The number of hydrogen-bond acceptors (Lipinski definition) is 3. The maximum Gasteiger partial charge on any atom is 0.192 e. The van der Waals surface area contributed by atoms with E-state index in [-0.39, 0.29) is 28.4 Å². The van der Waals surface area contributed by atoms with E-state index in [0.29, 0.717) is 29.1 Å². The molecule has 0 aromatic heterocycles. The monoisotopic (exact) mass is 640 g/mol. The zero-order chi connectivity index (χ0) is 32.9. The van der Waals surface area contributed by atoms with E-state index in [9.17, 15) is 5.11 Å². The molecule has 0 spiro atoms. The van der Waals surface area contributed by atoms with Crippen LogP contribution in [0.1, 0.15) is 113 Å². The summed E-state index contributed by atoms with van der Waals surface area (Å²) in [7, 11) is -3.90. The summed E-state index contributed by atoms with van der Waals surface area (Å²) >= 11 is 0. The van der Waals surface area contributed by atoms with Crippen molar-refractivity contribution < 1.29 is 14.0 Å². The maximum absolute atomic E-state index is 10.5. The smallest absolute Gasteiger partial charge is 0.192 e. The molecule has 4 aliphatic rings. The minimum atomic E-state index is -1.98. The SMILES string of the molecule is C=C1C(=CC=C2CCC[C@]3(C)[C@@H]([C@H](C)/C=C/[C@@H](O)C4CC4)CC[C@@H]23)C[C@@H](O[Si](C)(C)C(C)(C)C)C[C@@H]1O[Si](C)(C)C(C)(C)C. The van der Waals surface area contributed by atoms with Crippen LogP contribution in [0.3, 0.4) is 0 Å². The van der Waals surface area contributed by atoms with E-state index in [1.54, 1.807) is 5.57 Å². The molecular formula is C39H68O3Si2. The van der Waals surface area contributed by atoms with E-state index in [1.165, 1.54) is 56.1 Å². The van der Waals surface area contributed by atoms with Gasteiger partial charge in [0.2, 0.25) is 0 Å². The molecule has 0 aromatic carbocycles. The summed E-state index contributed by atoms with van der Waals surface area (Å²) < 4.78 is 14.2. The standard InChI is InChI=1S/C39H68O3Si2/c1-27(16-23-35(40)30-18-19-30)33-21-22-34-29(15-14-24-39(33,34)9)17-20-31-25-32(41-43(10,11)37(3,4)5)26-36(28(31)2)42-44(12,13)38(6,7)8/h16-17,20,23,27,30,32-36,40H,2,14-15,18-19,21-22,24-26H2,1,3-13H3/b23-16+,29-17?,31-20?/t27-,32-,33-,34+,35-,36+,39-/m1/s1. The van der Waals surface area contributed by atoms with Crippen LogP contribution >= 0.6 is 0 Å². The van der Waals surface area contributed by atoms with Crippen molar-refractivity contribution >= 4 is 16.6 Å². The molecule has 7 atom stereocenters. The molecule has 250 valence electrons. The Hall–Kier alpha value is -0.726. The van der Waals surface area contributed by atoms with Gasteiger partial charge in [-0.3, -0.25) is 0 Å². The molecule has 4 fully saturated rings. The average Bonchev–Trinajstić information content (AvgIpc) is 3.68. The molecule has 44 heavy (non-hydrogen) atoms. The van der Waals surface area contributed by atoms with Crippen molar-refractivity contribution in [3.8, 4) is 0 Å². The van der Waals surface area contributed by atoms with E-state index in [1.807, 2.05) is 0 Å². The molecule has 0 saturated heterocycles. The highest BCUT2D eigenvalue weighted by atomic mass is 28.4. The molecule has 0 aliphatic heterocycles. The lowest BCUT2D eigenvalue weighted by Gasteiger charge is -2.45. The summed E-state index contributed by atoms with van der Waals surface area (Å²) in [5, 5.41) is 10.8. The first-order chi connectivity index (χ1) is 20.2. The number of hydrogen-bond donors (Lipinski definition) is 1. The van der Waals surface area contributed by atoms with Gasteiger partial charge in [-0.05, 0) is 128 Å². The summed E-state index contributed by atoms with van der Waals surface area (Å²) in [5.74, 6) is 2.35. The molecular weight excluding hydrogens is 573 g/mol. The van der Waals surface area contributed by atoms with Crippen molar-refractivity contribution in [3.05, 3.63) is 47.6 Å². The van der Waals surface area contributed by atoms with Crippen molar-refractivity contribution in [2.24, 2.45) is 29.1 Å². The summed E-state index contributed by atoms with van der Waals surface area (Å²) in [6.45, 7) is 33.2. The quantitative estimate of drug-likeness (QED) is 0.201. The highest BCUT2D eigenvalue weighted by Gasteiger charge is 2.50. The molecule has 3 nitrogen and oxygen atoms in total. The molecule has 0 heterocycles. The third-order valence-electron chi connectivity index (χ3n) is 13.1. The van der Waals surface area contributed by atoms with Gasteiger partial charge in [-0.2, -0.15) is 0 Å². The fourth-order valence-corrected chi connectivity index (χ4v) is 10.6. The van der Waals surface area contributed by atoms with E-state index in [2.05, 4.69) is 112 Å². The second-order valence-electron chi connectivity index (χ2n) is 18.4. The van der Waals surface area contributed by atoms with E-state index < -0.39 is 16.6 Å². The predicted molar refractivity (Wildman–Crippen MR) is 194 cm³/mol. The van der Waals surface area contributed by atoms with Gasteiger partial charge in [0.05, 0.1) is 18.3 Å². The third-order valence-corrected chi connectivity index (χ3v) is 22.1. The Morgan fingerprint density at radius 1 is 0.909 bits per heavy atom. The molecule has 4 rings (SSSR count). The number of aliphatic hydroxyl groups excluding tert-OH is 1. The fraction of sp³-hybridized carbons (Fsp3) is 0.795. The van der Waals surface area contributed by atoms with Gasteiger partial charge in [0.25, 0.3) is 0 Å². The molecule has 0 radical (unpaired) electrons. The first-order valence-electron chi connectivity index (χ1n) is 18.0. The van der Waals surface area contributed by atoms with Crippen LogP contribution in [0.2, 0.25) is 36.3 Å². The molecule has 4 saturated carbocycles. The zero-order valence-electron chi connectivity index (χ0n) is 30.7. The van der Waals surface area contributed by atoms with Gasteiger partial charge in [0.1, 0.15) is 0 Å². The molecule has 5 heteroatoms. The first-order valence-corrected chi connectivity index (χ1v) is 23.8. The molecule has 1 N–H and O–H groups in total. The Bertz CT molecular complexity index is 1130. The Balaban J connectivity index is 1.57. The van der Waals surface area contributed by atoms with Crippen LogP contribution < -0.4 is 0 Å². The van der Waals surface area contributed by atoms with E-state index in [0.717, 1.165) is 12.8 Å². The van der Waals surface area contributed by atoms with Crippen LogP contribution in [0.15, 0.2) is 47.6 Å². The molecule has 0 aromatic rings. The second-order valence-corrected chi connectivity index (χ2v) is 27.9. The largest absolute Gasteiger partial charge is 0.413 e. The van der Waals surface area contributed by atoms with Gasteiger partial charge < -0.3 is 14.0 Å². The summed E-state index contributed by atoms with van der Waals surface area (Å²) in [6, 6.07) is 0. The van der Waals surface area contributed by atoms with Crippen molar-refractivity contribution in [1.29, 1.82) is 0 Å². The van der Waals surface area contributed by atoms with Crippen molar-refractivity contribution in [1.82, 2.24) is 0 Å². The lowest BCUT2D eigenvalue weighted by molar-refractivity contribution is 0.0969. The Morgan fingerprint density at radius 3 is 2.11 bits per heavy atom. The van der Waals surface area contributed by atoms with Crippen LogP contribution in [0.4, 0.5) is 0 Å². The van der Waals surface area contributed by atoms with Gasteiger partial charge in [0.15, 0.2) is 16.6 Å². The van der Waals surface area contributed by atoms with E-state index in [4.69, 9.17) is 8.85 Å². The van der Waals surface area contributed by atoms with Crippen LogP contribution in [0, 0.1) is 29.1 Å². The van der Waals surface area contributed by atoms with Crippen LogP contribution in [0.25, 0.3) is 0 Å². The molecule has 0 bridgehead atoms. The minimum absolute atomic E-state index is 0.0233. The van der Waals surface area contributed by atoms with Gasteiger partial charge >= 0.3 is 0 Å². The zero-order valence-corrected chi connectivity index (χ0v) is 32.7. The van der Waals surface area contributed by atoms with Gasteiger partial charge in [-0.25, -0.2) is 0 Å². The van der Waals surface area contributed by atoms with E-state index >= 15 is 0 Å². The van der Waals surface area contributed by atoms with Crippen LogP contribution in [-0.4, -0.2) is 40.1 Å². The predicted octanol–water partition coefficient (Wildman–Crippen LogP) is 11.1. The first kappa shape index (κ1) is 36.1. The highest BCUT2D eigenvalue weighted by Crippen LogP contribution is 2.59. The van der Waals surface area contributed by atoms with Crippen molar-refractivity contribution in [2.45, 2.75) is 168 Å².